The zero-order valence-electron chi connectivity index (χ0n) is 34.2. The van der Waals surface area contributed by atoms with Crippen LogP contribution in [0.3, 0.4) is 0 Å². The molecule has 0 aromatic heterocycles. The van der Waals surface area contributed by atoms with E-state index in [2.05, 4.69) is 141 Å². The Hall–Kier alpha value is 1.05. The van der Waals surface area contributed by atoms with E-state index in [1.54, 1.807) is 47.0 Å². The van der Waals surface area contributed by atoms with Gasteiger partial charge in [0.2, 0.25) is 0 Å². The first-order valence-electron chi connectivity index (χ1n) is 18.7. The molecule has 0 fully saturated rings. The van der Waals surface area contributed by atoms with E-state index in [0.29, 0.717) is 22.2 Å². The SMILES string of the molecule is CCSC1=C(SCC)SC(=C2SC=C(C#CC(C#CC3=CSC(=C4SC(SCC)=C(SCC)S4)S3)=C(C#C[Si](C(C)C)C(C)C)C#C[Si](C(C)C)C(C)C)S2)S1. The highest BCUT2D eigenvalue weighted by atomic mass is 32.3. The van der Waals surface area contributed by atoms with Gasteiger partial charge in [0.25, 0.3) is 0 Å². The third kappa shape index (κ3) is 15.1. The van der Waals surface area contributed by atoms with Gasteiger partial charge < -0.3 is 0 Å². The summed E-state index contributed by atoms with van der Waals surface area (Å²) in [6.07, 6.45) is 0. The maximum absolute atomic E-state index is 3.76. The Labute approximate surface area is 394 Å². The minimum absolute atomic E-state index is 0.543. The fourth-order valence-electron chi connectivity index (χ4n) is 5.13. The Bertz CT molecular complexity index is 1760. The fraction of sp³-hybridized carbons (Fsp3) is 0.476. The van der Waals surface area contributed by atoms with Crippen LogP contribution in [-0.4, -0.2) is 40.6 Å². The molecule has 0 N–H and O–H groups in total. The van der Waals surface area contributed by atoms with E-state index in [9.17, 15) is 0 Å². The Balaban J connectivity index is 1.75. The molecule has 0 saturated carbocycles. The predicted octanol–water partition coefficient (Wildman–Crippen LogP) is 17.1. The summed E-state index contributed by atoms with van der Waals surface area (Å²) in [5, 5.41) is 4.42. The van der Waals surface area contributed by atoms with Crippen LogP contribution in [0.5, 0.6) is 0 Å². The van der Waals surface area contributed by atoms with E-state index in [4.69, 9.17) is 0 Å². The summed E-state index contributed by atoms with van der Waals surface area (Å²) in [4.78, 5) is 2.12. The van der Waals surface area contributed by atoms with Crippen molar-refractivity contribution in [3.63, 3.8) is 0 Å². The lowest BCUT2D eigenvalue weighted by molar-refractivity contribution is 0.954. The van der Waals surface area contributed by atoms with E-state index in [1.807, 2.05) is 94.1 Å². The van der Waals surface area contributed by atoms with Crippen LogP contribution in [0.2, 0.25) is 22.2 Å². The molecule has 2 radical (unpaired) electrons. The van der Waals surface area contributed by atoms with Crippen LogP contribution in [0, 0.1) is 46.6 Å². The van der Waals surface area contributed by atoms with Gasteiger partial charge in [0, 0.05) is 0 Å². The molecule has 0 aromatic rings. The molecular formula is C42H50S12Si2. The molecule has 298 valence electrons. The lowest BCUT2D eigenvalue weighted by Crippen LogP contribution is -2.19. The van der Waals surface area contributed by atoms with E-state index in [1.165, 1.54) is 33.9 Å². The second kappa shape index (κ2) is 25.9. The third-order valence-electron chi connectivity index (χ3n) is 7.48. The molecule has 0 unspecified atom stereocenters. The van der Waals surface area contributed by atoms with E-state index in [-0.39, 0.29) is 0 Å². The van der Waals surface area contributed by atoms with Gasteiger partial charge in [0.15, 0.2) is 17.6 Å². The van der Waals surface area contributed by atoms with Crippen LogP contribution >= 0.6 is 141 Å². The number of allylic oxidation sites excluding steroid dienone is 4. The monoisotopic (exact) mass is 994 g/mol. The molecule has 4 heterocycles. The maximum Gasteiger partial charge on any atom is 0.150 e. The van der Waals surface area contributed by atoms with Gasteiger partial charge in [-0.1, -0.05) is 201 Å². The highest BCUT2D eigenvalue weighted by Gasteiger charge is 2.28. The molecule has 0 aliphatic carbocycles. The Morgan fingerprint density at radius 2 is 0.768 bits per heavy atom. The number of rotatable bonds is 12. The van der Waals surface area contributed by atoms with Crippen LogP contribution in [0.15, 0.2) is 65.7 Å². The molecule has 0 aromatic carbocycles. The molecule has 0 atom stereocenters. The standard InChI is InChI=1S/C42H50S12Si2/c1-13-43-35-36(44-14-2)52-41(51-35)39-47-25-33(49-39)19-17-31(32(21-23-55(27(5)6)28(7)8)22-24-56(29(9)10)30(11)12)18-20-34-26-48-40(50-34)42-53-37(45-15-3)38(54-42)46-16-4/h25-30H,13-16H2,1-12H3. The van der Waals surface area contributed by atoms with Crippen molar-refractivity contribution >= 4 is 159 Å². The number of hydrogen-bond donors (Lipinski definition) is 0. The van der Waals surface area contributed by atoms with Gasteiger partial charge in [-0.25, -0.2) is 0 Å². The first-order chi connectivity index (χ1) is 26.9. The Morgan fingerprint density at radius 1 is 0.464 bits per heavy atom. The third-order valence-corrected chi connectivity index (χ3v) is 29.5. The highest BCUT2D eigenvalue weighted by Crippen LogP contribution is 2.63. The van der Waals surface area contributed by atoms with Gasteiger partial charge in [0.05, 0.1) is 54.9 Å². The first-order valence-corrected chi connectivity index (χ1v) is 32.6. The topological polar surface area (TPSA) is 0 Å². The summed E-state index contributed by atoms with van der Waals surface area (Å²) in [6.45, 7) is 27.4. The lowest BCUT2D eigenvalue weighted by Gasteiger charge is -2.16. The minimum atomic E-state index is -0.929. The molecule has 56 heavy (non-hydrogen) atoms. The first kappa shape index (κ1) is 49.7. The Morgan fingerprint density at radius 3 is 1.05 bits per heavy atom. The number of hydrogen-bond acceptors (Lipinski definition) is 12. The molecule has 0 spiro atoms. The predicted molar refractivity (Wildman–Crippen MR) is 288 cm³/mol. The molecule has 4 aliphatic heterocycles. The zero-order chi connectivity index (χ0) is 40.8. The molecule has 0 nitrogen and oxygen atoms in total. The van der Waals surface area contributed by atoms with Gasteiger partial charge in [-0.3, -0.25) is 0 Å². The van der Waals surface area contributed by atoms with Crippen LogP contribution in [0.4, 0.5) is 0 Å². The molecule has 0 bridgehead atoms. The van der Waals surface area contributed by atoms with E-state index in [0.717, 1.165) is 44.0 Å². The normalized spacial score (nSPS) is 16.9. The van der Waals surface area contributed by atoms with Crippen molar-refractivity contribution in [3.8, 4) is 46.6 Å². The molecule has 14 heteroatoms. The van der Waals surface area contributed by atoms with Crippen molar-refractivity contribution in [2.45, 2.75) is 105 Å². The van der Waals surface area contributed by atoms with E-state index >= 15 is 0 Å². The average Bonchev–Trinajstić information content (AvgIpc) is 3.96. The summed E-state index contributed by atoms with van der Waals surface area (Å²) in [5.74, 6) is 25.9. The van der Waals surface area contributed by atoms with E-state index < -0.39 is 17.6 Å². The second-order valence-electron chi connectivity index (χ2n) is 13.1. The summed E-state index contributed by atoms with van der Waals surface area (Å²) in [5.41, 5.74) is 11.2. The van der Waals surface area contributed by atoms with Crippen LogP contribution in [0.1, 0.15) is 83.1 Å². The van der Waals surface area contributed by atoms with Crippen molar-refractivity contribution < 1.29 is 0 Å². The molecule has 0 amide bonds. The number of thioether (sulfide) groups is 12. The van der Waals surface area contributed by atoms with Crippen molar-refractivity contribution in [2.24, 2.45) is 0 Å². The average molecular weight is 996 g/mol. The van der Waals surface area contributed by atoms with Crippen molar-refractivity contribution in [1.82, 2.24) is 0 Å². The molecular weight excluding hydrogens is 945 g/mol. The van der Waals surface area contributed by atoms with Crippen LogP contribution < -0.4 is 0 Å². The maximum atomic E-state index is 3.76. The summed E-state index contributed by atoms with van der Waals surface area (Å²) >= 11 is 22.7. The van der Waals surface area contributed by atoms with Crippen LogP contribution in [0.25, 0.3) is 0 Å². The largest absolute Gasteiger partial charge is 0.150 e. The van der Waals surface area contributed by atoms with Crippen LogP contribution in [-0.2, 0) is 0 Å². The van der Waals surface area contributed by atoms with Crippen molar-refractivity contribution in [2.75, 3.05) is 23.0 Å². The molecule has 4 aliphatic rings. The second-order valence-corrected chi connectivity index (χ2v) is 35.2. The van der Waals surface area contributed by atoms with Gasteiger partial charge in [-0.2, -0.15) is 0 Å². The van der Waals surface area contributed by atoms with Crippen molar-refractivity contribution in [3.05, 3.63) is 65.7 Å². The van der Waals surface area contributed by atoms with Gasteiger partial charge >= 0.3 is 0 Å². The van der Waals surface area contributed by atoms with Gasteiger partial charge in [0.1, 0.15) is 0 Å². The fourth-order valence-corrected chi connectivity index (χ4v) is 25.6. The quantitative estimate of drug-likeness (QED) is 0.135. The highest BCUT2D eigenvalue weighted by molar-refractivity contribution is 8.43. The summed E-state index contributed by atoms with van der Waals surface area (Å²) in [6, 6.07) is 0. The summed E-state index contributed by atoms with van der Waals surface area (Å²) < 4.78 is 11.2. The van der Waals surface area contributed by atoms with Gasteiger partial charge in [-0.15, -0.1) is 58.1 Å². The zero-order valence-corrected chi connectivity index (χ0v) is 46.0. The van der Waals surface area contributed by atoms with Crippen molar-refractivity contribution in [1.29, 1.82) is 0 Å². The summed E-state index contributed by atoms with van der Waals surface area (Å²) in [7, 11) is -1.86. The smallest absolute Gasteiger partial charge is 0.127 e. The van der Waals surface area contributed by atoms with Gasteiger partial charge in [-0.05, 0) is 67.8 Å². The Kier molecular flexibility index (Phi) is 23.0. The molecule has 4 rings (SSSR count). The molecule has 0 saturated heterocycles. The minimum Gasteiger partial charge on any atom is -0.127 e. The lowest BCUT2D eigenvalue weighted by atomic mass is 10.1.